The van der Waals surface area contributed by atoms with E-state index in [4.69, 9.17) is 14.2 Å². The number of unbranched alkanes of at least 4 members (excludes halogenated alkanes) is 27. The molecular weight excluding hydrogens is 853 g/mol. The topological polar surface area (TPSA) is 78.9 Å². The van der Waals surface area contributed by atoms with Crippen molar-refractivity contribution in [2.75, 3.05) is 13.2 Å². The zero-order valence-electron chi connectivity index (χ0n) is 45.3. The van der Waals surface area contributed by atoms with E-state index in [1.807, 2.05) is 0 Å². The highest BCUT2D eigenvalue weighted by molar-refractivity contribution is 5.71. The Morgan fingerprint density at radius 3 is 0.957 bits per heavy atom. The van der Waals surface area contributed by atoms with Gasteiger partial charge in [-0.15, -0.1) is 0 Å². The first-order valence-electron chi connectivity index (χ1n) is 29.1. The van der Waals surface area contributed by atoms with Gasteiger partial charge in [-0.05, 0) is 109 Å². The minimum absolute atomic E-state index is 0.0977. The molecule has 0 aliphatic heterocycles. The van der Waals surface area contributed by atoms with Crippen molar-refractivity contribution >= 4 is 17.9 Å². The Hall–Kier alpha value is -3.41. The highest BCUT2D eigenvalue weighted by Crippen LogP contribution is 2.15. The third-order valence-corrected chi connectivity index (χ3v) is 12.4. The van der Waals surface area contributed by atoms with Crippen LogP contribution in [-0.2, 0) is 28.6 Å². The molecule has 0 amide bonds. The zero-order chi connectivity index (χ0) is 50.0. The van der Waals surface area contributed by atoms with E-state index in [-0.39, 0.29) is 37.5 Å². The van der Waals surface area contributed by atoms with Gasteiger partial charge in [0.1, 0.15) is 13.2 Å². The molecule has 6 heteroatoms. The van der Waals surface area contributed by atoms with Crippen LogP contribution < -0.4 is 0 Å². The van der Waals surface area contributed by atoms with E-state index < -0.39 is 6.10 Å². The molecule has 69 heavy (non-hydrogen) atoms. The number of rotatable bonds is 52. The van der Waals surface area contributed by atoms with Crippen LogP contribution in [0, 0.1) is 0 Å². The fourth-order valence-electron chi connectivity index (χ4n) is 8.00. The van der Waals surface area contributed by atoms with E-state index in [1.54, 1.807) is 0 Å². The predicted molar refractivity (Wildman–Crippen MR) is 297 cm³/mol. The van der Waals surface area contributed by atoms with Gasteiger partial charge in [-0.25, -0.2) is 0 Å². The molecule has 0 saturated heterocycles. The predicted octanol–water partition coefficient (Wildman–Crippen LogP) is 19.5. The van der Waals surface area contributed by atoms with E-state index >= 15 is 0 Å². The summed E-state index contributed by atoms with van der Waals surface area (Å²) in [6.45, 7) is 6.48. The second-order valence-corrected chi connectivity index (χ2v) is 19.2. The summed E-state index contributed by atoms with van der Waals surface area (Å²) in [5.41, 5.74) is 0. The van der Waals surface area contributed by atoms with Crippen molar-refractivity contribution in [1.82, 2.24) is 0 Å². The second-order valence-electron chi connectivity index (χ2n) is 19.2. The van der Waals surface area contributed by atoms with Gasteiger partial charge < -0.3 is 14.2 Å². The van der Waals surface area contributed by atoms with Crippen LogP contribution in [0.1, 0.15) is 278 Å². The monoisotopic (exact) mass is 961 g/mol. The van der Waals surface area contributed by atoms with Gasteiger partial charge >= 0.3 is 17.9 Å². The van der Waals surface area contributed by atoms with Crippen molar-refractivity contribution in [2.24, 2.45) is 0 Å². The molecule has 0 aliphatic carbocycles. The van der Waals surface area contributed by atoms with Gasteiger partial charge in [-0.3, -0.25) is 14.4 Å². The highest BCUT2D eigenvalue weighted by atomic mass is 16.6. The summed E-state index contributed by atoms with van der Waals surface area (Å²) in [5, 5.41) is 0. The molecule has 0 bridgehead atoms. The lowest BCUT2D eigenvalue weighted by molar-refractivity contribution is -0.167. The molecule has 0 radical (unpaired) electrons. The van der Waals surface area contributed by atoms with E-state index in [2.05, 4.69) is 106 Å². The summed E-state index contributed by atoms with van der Waals surface area (Å²) >= 11 is 0. The Morgan fingerprint density at radius 1 is 0.304 bits per heavy atom. The van der Waals surface area contributed by atoms with Gasteiger partial charge in [0, 0.05) is 19.3 Å². The number of esters is 3. The maximum Gasteiger partial charge on any atom is 0.306 e. The summed E-state index contributed by atoms with van der Waals surface area (Å²) < 4.78 is 16.8. The fourth-order valence-corrected chi connectivity index (χ4v) is 8.00. The Balaban J connectivity index is 4.47. The summed E-state index contributed by atoms with van der Waals surface area (Å²) in [6.07, 6.45) is 74.3. The van der Waals surface area contributed by atoms with Crippen molar-refractivity contribution in [3.63, 3.8) is 0 Å². The van der Waals surface area contributed by atoms with Crippen LogP contribution in [0.5, 0.6) is 0 Å². The Kier molecular flexibility index (Phi) is 54.3. The van der Waals surface area contributed by atoms with Crippen molar-refractivity contribution in [3.05, 3.63) is 85.1 Å². The molecule has 0 rings (SSSR count). The normalized spacial score (nSPS) is 12.7. The van der Waals surface area contributed by atoms with Crippen LogP contribution in [0.2, 0.25) is 0 Å². The van der Waals surface area contributed by atoms with E-state index in [0.29, 0.717) is 19.3 Å². The van der Waals surface area contributed by atoms with Gasteiger partial charge in [0.15, 0.2) is 6.10 Å². The standard InChI is InChI=1S/C63H108O6/c1-4-7-10-13-16-19-22-25-28-31-34-37-40-43-46-49-52-55-61(64)67-58-60(69-63(66)57-54-51-48-45-42-39-36-33-30-27-24-21-18-15-12-9-6-3)59-68-62(65)56-53-50-47-44-41-38-35-32-29-26-23-20-17-14-11-8-5-2/h7,10,16,19,25-30,34,37,43,46,60H,4-6,8-9,11-15,17-18,20-24,31-33,35-36,38-42,44-45,47-59H2,1-3H3/b10-7-,19-16-,28-25-,29-26-,30-27-,37-34-,46-43-/t60-/m1/s1. The Morgan fingerprint density at radius 2 is 0.580 bits per heavy atom. The van der Waals surface area contributed by atoms with Crippen molar-refractivity contribution in [1.29, 1.82) is 0 Å². The molecule has 0 fully saturated rings. The molecule has 396 valence electrons. The molecule has 0 aromatic rings. The molecule has 0 aromatic carbocycles. The van der Waals surface area contributed by atoms with Crippen LogP contribution in [0.3, 0.4) is 0 Å². The largest absolute Gasteiger partial charge is 0.462 e. The second kappa shape index (κ2) is 57.2. The highest BCUT2D eigenvalue weighted by Gasteiger charge is 2.19. The summed E-state index contributed by atoms with van der Waals surface area (Å²) in [7, 11) is 0. The third-order valence-electron chi connectivity index (χ3n) is 12.4. The molecule has 0 unspecified atom stereocenters. The lowest BCUT2D eigenvalue weighted by atomic mass is 10.1. The lowest BCUT2D eigenvalue weighted by Crippen LogP contribution is -2.30. The van der Waals surface area contributed by atoms with E-state index in [9.17, 15) is 14.4 Å². The average Bonchev–Trinajstić information content (AvgIpc) is 3.35. The molecule has 0 spiro atoms. The molecule has 0 aromatic heterocycles. The van der Waals surface area contributed by atoms with Crippen LogP contribution in [0.4, 0.5) is 0 Å². The maximum absolute atomic E-state index is 12.9. The summed E-state index contributed by atoms with van der Waals surface area (Å²) in [6, 6.07) is 0. The average molecular weight is 962 g/mol. The van der Waals surface area contributed by atoms with Gasteiger partial charge in [-0.1, -0.05) is 234 Å². The third kappa shape index (κ3) is 55.4. The quantitative estimate of drug-likeness (QED) is 0.0262. The van der Waals surface area contributed by atoms with Crippen molar-refractivity contribution in [3.8, 4) is 0 Å². The number of allylic oxidation sites excluding steroid dienone is 14. The maximum atomic E-state index is 12.9. The van der Waals surface area contributed by atoms with Crippen LogP contribution in [-0.4, -0.2) is 37.2 Å². The molecule has 0 saturated carbocycles. The lowest BCUT2D eigenvalue weighted by Gasteiger charge is -2.18. The van der Waals surface area contributed by atoms with E-state index in [0.717, 1.165) is 77.0 Å². The minimum atomic E-state index is -0.804. The zero-order valence-corrected chi connectivity index (χ0v) is 45.3. The number of hydrogen-bond donors (Lipinski definition) is 0. The van der Waals surface area contributed by atoms with E-state index in [1.165, 1.54) is 154 Å². The summed E-state index contributed by atoms with van der Waals surface area (Å²) in [4.78, 5) is 38.2. The van der Waals surface area contributed by atoms with Crippen LogP contribution >= 0.6 is 0 Å². The fraction of sp³-hybridized carbons (Fsp3) is 0.730. The summed E-state index contributed by atoms with van der Waals surface area (Å²) in [5.74, 6) is -0.960. The van der Waals surface area contributed by atoms with Gasteiger partial charge in [0.05, 0.1) is 0 Å². The smallest absolute Gasteiger partial charge is 0.306 e. The van der Waals surface area contributed by atoms with Gasteiger partial charge in [-0.2, -0.15) is 0 Å². The first-order valence-corrected chi connectivity index (χ1v) is 29.1. The van der Waals surface area contributed by atoms with Crippen molar-refractivity contribution in [2.45, 2.75) is 284 Å². The van der Waals surface area contributed by atoms with Crippen molar-refractivity contribution < 1.29 is 28.6 Å². The van der Waals surface area contributed by atoms with Crippen LogP contribution in [0.25, 0.3) is 0 Å². The number of ether oxygens (including phenoxy) is 3. The molecule has 0 heterocycles. The number of carbonyl (C=O) groups excluding carboxylic acids is 3. The van der Waals surface area contributed by atoms with Gasteiger partial charge in [0.2, 0.25) is 0 Å². The van der Waals surface area contributed by atoms with Gasteiger partial charge in [0.25, 0.3) is 0 Å². The molecular formula is C63H108O6. The SMILES string of the molecule is CC/C=C\C/C=C\C/C=C\C/C=C\C/C=C\CCCC(=O)OC[C@H](COC(=O)CCCCCCCCC/C=C\CCCCCCCC)OC(=O)CCCCCCCCC/C=C\CCCCCCCC. The Bertz CT molecular complexity index is 1330. The molecule has 1 atom stereocenters. The molecule has 0 N–H and O–H groups in total. The Labute approximate surface area is 426 Å². The first-order chi connectivity index (χ1) is 34.0. The van der Waals surface area contributed by atoms with Crippen LogP contribution in [0.15, 0.2) is 85.1 Å². The number of hydrogen-bond acceptors (Lipinski definition) is 6. The number of carbonyl (C=O) groups is 3. The molecule has 0 aliphatic rings. The minimum Gasteiger partial charge on any atom is -0.462 e. The molecule has 6 nitrogen and oxygen atoms in total. The first kappa shape index (κ1) is 65.6.